The van der Waals surface area contributed by atoms with Crippen molar-refractivity contribution in [2.24, 2.45) is 5.73 Å². The SMILES string of the molecule is CC(Nc1ccn2ncc(NC(=O)O)c2n1)c1cc(F)ccc1OCC(N)CO. The first kappa shape index (κ1) is 20.3. The number of rotatable bonds is 8. The maximum Gasteiger partial charge on any atom is 0.409 e. The van der Waals surface area contributed by atoms with Gasteiger partial charge >= 0.3 is 6.09 Å². The topological polar surface area (TPSA) is 147 Å². The van der Waals surface area contributed by atoms with Crippen LogP contribution in [-0.2, 0) is 0 Å². The number of amides is 1. The lowest BCUT2D eigenvalue weighted by molar-refractivity contribution is 0.205. The lowest BCUT2D eigenvalue weighted by Gasteiger charge is -2.20. The van der Waals surface area contributed by atoms with E-state index in [0.29, 0.717) is 22.8 Å². The van der Waals surface area contributed by atoms with Gasteiger partial charge in [0.1, 0.15) is 29.7 Å². The number of carbonyl (C=O) groups is 1. The fourth-order valence-electron chi connectivity index (χ4n) is 2.69. The van der Waals surface area contributed by atoms with Crippen LogP contribution < -0.4 is 21.1 Å². The highest BCUT2D eigenvalue weighted by Crippen LogP contribution is 2.29. The molecule has 3 aromatic rings. The van der Waals surface area contributed by atoms with E-state index in [4.69, 9.17) is 20.7 Å². The lowest BCUT2D eigenvalue weighted by atomic mass is 10.1. The van der Waals surface area contributed by atoms with E-state index in [9.17, 15) is 9.18 Å². The predicted octanol–water partition coefficient (Wildman–Crippen LogP) is 1.83. The summed E-state index contributed by atoms with van der Waals surface area (Å²) in [6, 6.07) is 4.81. The summed E-state index contributed by atoms with van der Waals surface area (Å²) in [5.41, 5.74) is 6.75. The van der Waals surface area contributed by atoms with Crippen molar-refractivity contribution >= 4 is 23.2 Å². The van der Waals surface area contributed by atoms with Crippen molar-refractivity contribution in [1.82, 2.24) is 14.6 Å². The Morgan fingerprint density at radius 1 is 1.41 bits per heavy atom. The van der Waals surface area contributed by atoms with Gasteiger partial charge in [-0.2, -0.15) is 5.10 Å². The number of benzene rings is 1. The molecule has 6 N–H and O–H groups in total. The molecule has 11 heteroatoms. The minimum Gasteiger partial charge on any atom is -0.492 e. The van der Waals surface area contributed by atoms with Crippen LogP contribution in [0.25, 0.3) is 5.65 Å². The number of hydrogen-bond donors (Lipinski definition) is 5. The summed E-state index contributed by atoms with van der Waals surface area (Å²) in [4.78, 5) is 15.3. The summed E-state index contributed by atoms with van der Waals surface area (Å²) in [7, 11) is 0. The molecule has 29 heavy (non-hydrogen) atoms. The van der Waals surface area contributed by atoms with Gasteiger partial charge in [0.15, 0.2) is 5.65 Å². The van der Waals surface area contributed by atoms with Gasteiger partial charge in [-0.05, 0) is 31.2 Å². The van der Waals surface area contributed by atoms with E-state index in [1.165, 1.54) is 28.9 Å². The Hall–Kier alpha value is -3.44. The van der Waals surface area contributed by atoms with Crippen molar-refractivity contribution in [1.29, 1.82) is 0 Å². The third-order valence-electron chi connectivity index (χ3n) is 4.10. The van der Waals surface area contributed by atoms with Crippen molar-refractivity contribution in [2.75, 3.05) is 23.8 Å². The number of nitrogens with one attached hydrogen (secondary N) is 2. The molecule has 2 atom stereocenters. The maximum absolute atomic E-state index is 13.8. The highest BCUT2D eigenvalue weighted by atomic mass is 19.1. The molecule has 0 aliphatic carbocycles. The second-order valence-electron chi connectivity index (χ2n) is 6.37. The van der Waals surface area contributed by atoms with E-state index in [0.717, 1.165) is 0 Å². The van der Waals surface area contributed by atoms with E-state index in [1.807, 2.05) is 0 Å². The van der Waals surface area contributed by atoms with Gasteiger partial charge in [-0.15, -0.1) is 0 Å². The summed E-state index contributed by atoms with van der Waals surface area (Å²) < 4.78 is 20.9. The zero-order chi connectivity index (χ0) is 21.0. The number of aliphatic hydroxyl groups excluding tert-OH is 1. The number of halogens is 1. The van der Waals surface area contributed by atoms with Crippen molar-refractivity contribution in [3.05, 3.63) is 48.0 Å². The molecule has 2 heterocycles. The molecule has 154 valence electrons. The normalized spacial score (nSPS) is 13.1. The van der Waals surface area contributed by atoms with Gasteiger partial charge in [-0.3, -0.25) is 5.32 Å². The van der Waals surface area contributed by atoms with Crippen LogP contribution in [0.1, 0.15) is 18.5 Å². The Bertz CT molecular complexity index is 1010. The Morgan fingerprint density at radius 3 is 2.93 bits per heavy atom. The molecule has 0 aliphatic heterocycles. The summed E-state index contributed by atoms with van der Waals surface area (Å²) >= 11 is 0. The molecule has 0 bridgehead atoms. The molecule has 1 amide bonds. The molecule has 0 saturated heterocycles. The first-order valence-corrected chi connectivity index (χ1v) is 8.77. The smallest absolute Gasteiger partial charge is 0.409 e. The number of nitrogens with zero attached hydrogens (tertiary/aromatic N) is 3. The Balaban J connectivity index is 1.83. The third-order valence-corrected chi connectivity index (χ3v) is 4.10. The average molecular weight is 404 g/mol. The number of aliphatic hydroxyl groups is 1. The molecule has 2 unspecified atom stereocenters. The summed E-state index contributed by atoms with van der Waals surface area (Å²) in [6.45, 7) is 1.64. The molecule has 1 aromatic carbocycles. The second kappa shape index (κ2) is 8.71. The number of nitrogens with two attached hydrogens (primary N) is 1. The average Bonchev–Trinajstić information content (AvgIpc) is 3.08. The fraction of sp³-hybridized carbons (Fsp3) is 0.278. The second-order valence-corrected chi connectivity index (χ2v) is 6.37. The molecule has 3 rings (SSSR count). The number of carboxylic acid groups (broad SMARTS) is 1. The van der Waals surface area contributed by atoms with Gasteiger partial charge in [0.2, 0.25) is 0 Å². The predicted molar refractivity (Wildman–Crippen MR) is 104 cm³/mol. The summed E-state index contributed by atoms with van der Waals surface area (Å²) in [6.07, 6.45) is 1.75. The Labute approximate surface area is 165 Å². The van der Waals surface area contributed by atoms with Gasteiger partial charge in [0, 0.05) is 11.8 Å². The van der Waals surface area contributed by atoms with Crippen LogP contribution in [0.4, 0.5) is 20.7 Å². The van der Waals surface area contributed by atoms with Crippen LogP contribution in [0, 0.1) is 5.82 Å². The minimum atomic E-state index is -1.23. The molecule has 0 spiro atoms. The molecule has 0 radical (unpaired) electrons. The highest BCUT2D eigenvalue weighted by molar-refractivity contribution is 5.88. The van der Waals surface area contributed by atoms with Gasteiger partial charge < -0.3 is 26.0 Å². The quantitative estimate of drug-likeness (QED) is 0.382. The first-order valence-electron chi connectivity index (χ1n) is 8.77. The molecule has 10 nitrogen and oxygen atoms in total. The lowest BCUT2D eigenvalue weighted by Crippen LogP contribution is -2.31. The van der Waals surface area contributed by atoms with Crippen molar-refractivity contribution < 1.29 is 24.1 Å². The van der Waals surface area contributed by atoms with E-state index in [-0.39, 0.29) is 18.9 Å². The van der Waals surface area contributed by atoms with Crippen molar-refractivity contribution in [3.8, 4) is 5.75 Å². The Kier molecular flexibility index (Phi) is 6.10. The monoisotopic (exact) mass is 404 g/mol. The van der Waals surface area contributed by atoms with E-state index in [2.05, 4.69) is 20.7 Å². The molecule has 2 aromatic heterocycles. The van der Waals surface area contributed by atoms with Gasteiger partial charge in [0.05, 0.1) is 24.9 Å². The molecule has 0 fully saturated rings. The minimum absolute atomic E-state index is 0.0755. The van der Waals surface area contributed by atoms with Crippen LogP contribution in [-0.4, -0.2) is 50.2 Å². The van der Waals surface area contributed by atoms with Crippen LogP contribution in [0.3, 0.4) is 0 Å². The summed E-state index contributed by atoms with van der Waals surface area (Å²) in [5.74, 6) is 0.426. The first-order chi connectivity index (χ1) is 13.9. The van der Waals surface area contributed by atoms with Crippen molar-refractivity contribution in [3.63, 3.8) is 0 Å². The number of ether oxygens (including phenoxy) is 1. The Morgan fingerprint density at radius 2 is 2.21 bits per heavy atom. The molecular weight excluding hydrogens is 383 g/mol. The highest BCUT2D eigenvalue weighted by Gasteiger charge is 2.16. The van der Waals surface area contributed by atoms with Crippen molar-refractivity contribution in [2.45, 2.75) is 19.0 Å². The van der Waals surface area contributed by atoms with E-state index < -0.39 is 24.0 Å². The van der Waals surface area contributed by atoms with E-state index >= 15 is 0 Å². The standard InChI is InChI=1S/C18H21FN6O4/c1-10(13-6-11(19)2-3-15(13)29-9-12(20)8-26)22-16-4-5-25-17(24-16)14(7-21-25)23-18(27)28/h2-7,10,12,23,26H,8-9,20H2,1H3,(H,22,24)(H,27,28). The molecule has 0 aliphatic rings. The number of hydrogen-bond acceptors (Lipinski definition) is 7. The van der Waals surface area contributed by atoms with Gasteiger partial charge in [-0.25, -0.2) is 18.7 Å². The van der Waals surface area contributed by atoms with Gasteiger partial charge in [-0.1, -0.05) is 0 Å². The number of fused-ring (bicyclic) bond motifs is 1. The van der Waals surface area contributed by atoms with Crippen LogP contribution >= 0.6 is 0 Å². The molecular formula is C18H21FN6O4. The summed E-state index contributed by atoms with van der Waals surface area (Å²) in [5, 5.41) is 27.3. The van der Waals surface area contributed by atoms with Crippen LogP contribution in [0.2, 0.25) is 0 Å². The van der Waals surface area contributed by atoms with Crippen LogP contribution in [0.5, 0.6) is 5.75 Å². The number of aromatic nitrogens is 3. The molecule has 0 saturated carbocycles. The number of anilines is 2. The van der Waals surface area contributed by atoms with Gasteiger partial charge in [0.25, 0.3) is 0 Å². The maximum atomic E-state index is 13.8. The van der Waals surface area contributed by atoms with Crippen LogP contribution in [0.15, 0.2) is 36.7 Å². The fourth-order valence-corrected chi connectivity index (χ4v) is 2.69. The van der Waals surface area contributed by atoms with E-state index in [1.54, 1.807) is 19.2 Å². The third kappa shape index (κ3) is 4.89. The zero-order valence-corrected chi connectivity index (χ0v) is 15.5. The zero-order valence-electron chi connectivity index (χ0n) is 15.5. The largest absolute Gasteiger partial charge is 0.492 e.